The zero-order valence-corrected chi connectivity index (χ0v) is 9.82. The molecule has 14 heavy (non-hydrogen) atoms. The van der Waals surface area contributed by atoms with Gasteiger partial charge >= 0.3 is 0 Å². The highest BCUT2D eigenvalue weighted by Gasteiger charge is 1.90. The number of unbranched alkanes of at least 4 members (excludes halogenated alkanes) is 3. The summed E-state index contributed by atoms with van der Waals surface area (Å²) in [5.74, 6) is 2.22. The molecule has 2 N–H and O–H groups in total. The third kappa shape index (κ3) is 12.0. The lowest BCUT2D eigenvalue weighted by Gasteiger charge is -2.03. The number of rotatable bonds is 11. The summed E-state index contributed by atoms with van der Waals surface area (Å²) in [6.07, 6.45) is 6.51. The summed E-state index contributed by atoms with van der Waals surface area (Å²) in [5.41, 5.74) is 0. The molecule has 0 fully saturated rings. The van der Waals surface area contributed by atoms with Crippen LogP contribution in [-0.2, 0) is 0 Å². The SMILES string of the molecule is C=CCSCCNCCCCCCO. The van der Waals surface area contributed by atoms with Crippen molar-refractivity contribution in [3.63, 3.8) is 0 Å². The predicted molar refractivity (Wildman–Crippen MR) is 65.9 cm³/mol. The molecule has 0 rings (SSSR count). The Labute approximate surface area is 92.2 Å². The smallest absolute Gasteiger partial charge is 0.0431 e. The van der Waals surface area contributed by atoms with E-state index in [1.807, 2.05) is 17.8 Å². The van der Waals surface area contributed by atoms with E-state index in [-0.39, 0.29) is 0 Å². The summed E-state index contributed by atoms with van der Waals surface area (Å²) in [6.45, 7) is 6.22. The van der Waals surface area contributed by atoms with Gasteiger partial charge in [-0.3, -0.25) is 0 Å². The average Bonchev–Trinajstić information content (AvgIpc) is 2.21. The molecule has 0 aliphatic rings. The van der Waals surface area contributed by atoms with Crippen LogP contribution in [0.15, 0.2) is 12.7 Å². The topological polar surface area (TPSA) is 32.3 Å². The van der Waals surface area contributed by atoms with Crippen LogP contribution in [0.4, 0.5) is 0 Å². The van der Waals surface area contributed by atoms with Crippen LogP contribution in [0.5, 0.6) is 0 Å². The zero-order valence-electron chi connectivity index (χ0n) is 9.00. The Bertz CT molecular complexity index is 120. The Morgan fingerprint density at radius 2 is 1.93 bits per heavy atom. The molecule has 0 heterocycles. The lowest BCUT2D eigenvalue weighted by molar-refractivity contribution is 0.282. The van der Waals surface area contributed by atoms with Crippen LogP contribution in [0, 0.1) is 0 Å². The Balaban J connectivity index is 2.81. The molecule has 0 bridgehead atoms. The molecule has 0 aromatic carbocycles. The maximum absolute atomic E-state index is 8.56. The standard InChI is InChI=1S/C11H23NOS/c1-2-10-14-11-8-12-7-5-3-4-6-9-13/h2,12-13H,1,3-11H2. The third-order valence-corrected chi connectivity index (χ3v) is 2.88. The second-order valence-corrected chi connectivity index (χ2v) is 4.40. The van der Waals surface area contributed by atoms with Gasteiger partial charge in [-0.25, -0.2) is 0 Å². The van der Waals surface area contributed by atoms with Crippen LogP contribution >= 0.6 is 11.8 Å². The fraction of sp³-hybridized carbons (Fsp3) is 0.818. The van der Waals surface area contributed by atoms with Crippen LogP contribution in [-0.4, -0.2) is 36.3 Å². The molecule has 0 aromatic rings. The highest BCUT2D eigenvalue weighted by Crippen LogP contribution is 1.99. The fourth-order valence-corrected chi connectivity index (χ4v) is 1.77. The number of aliphatic hydroxyl groups excluding tert-OH is 1. The quantitative estimate of drug-likeness (QED) is 0.410. The van der Waals surface area contributed by atoms with E-state index >= 15 is 0 Å². The van der Waals surface area contributed by atoms with Gasteiger partial charge in [0.15, 0.2) is 0 Å². The highest BCUT2D eigenvalue weighted by molar-refractivity contribution is 7.99. The van der Waals surface area contributed by atoms with Gasteiger partial charge in [-0.1, -0.05) is 18.9 Å². The van der Waals surface area contributed by atoms with Gasteiger partial charge in [0.05, 0.1) is 0 Å². The average molecular weight is 217 g/mol. The van der Waals surface area contributed by atoms with E-state index in [4.69, 9.17) is 5.11 Å². The van der Waals surface area contributed by atoms with Crippen molar-refractivity contribution in [2.45, 2.75) is 25.7 Å². The van der Waals surface area contributed by atoms with Crippen molar-refractivity contribution in [2.24, 2.45) is 0 Å². The summed E-state index contributed by atoms with van der Waals surface area (Å²) in [7, 11) is 0. The molecule has 0 atom stereocenters. The maximum Gasteiger partial charge on any atom is 0.0431 e. The number of hydrogen-bond donors (Lipinski definition) is 2. The van der Waals surface area contributed by atoms with Crippen LogP contribution in [0.2, 0.25) is 0 Å². The second kappa shape index (κ2) is 13.0. The molecule has 0 aromatic heterocycles. The van der Waals surface area contributed by atoms with Gasteiger partial charge in [0.25, 0.3) is 0 Å². The van der Waals surface area contributed by atoms with Crippen molar-refractivity contribution in [1.82, 2.24) is 5.32 Å². The molecular weight excluding hydrogens is 194 g/mol. The first-order valence-corrected chi connectivity index (χ1v) is 6.57. The molecule has 0 aliphatic carbocycles. The van der Waals surface area contributed by atoms with Gasteiger partial charge in [0.1, 0.15) is 0 Å². The van der Waals surface area contributed by atoms with Gasteiger partial charge < -0.3 is 10.4 Å². The minimum atomic E-state index is 0.339. The molecule has 0 saturated heterocycles. The minimum absolute atomic E-state index is 0.339. The molecule has 0 aliphatic heterocycles. The summed E-state index contributed by atoms with van der Waals surface area (Å²) in [6, 6.07) is 0. The first-order chi connectivity index (χ1) is 6.91. The number of nitrogens with one attached hydrogen (secondary N) is 1. The van der Waals surface area contributed by atoms with E-state index in [1.54, 1.807) is 0 Å². The van der Waals surface area contributed by atoms with E-state index < -0.39 is 0 Å². The molecular formula is C11H23NOS. The number of aliphatic hydroxyl groups is 1. The summed E-state index contributed by atoms with van der Waals surface area (Å²) in [4.78, 5) is 0. The molecule has 0 saturated carbocycles. The van der Waals surface area contributed by atoms with Crippen LogP contribution in [0.25, 0.3) is 0 Å². The molecule has 3 heteroatoms. The Kier molecular flexibility index (Phi) is 13.0. The first kappa shape index (κ1) is 14.0. The van der Waals surface area contributed by atoms with E-state index in [0.29, 0.717) is 6.61 Å². The normalized spacial score (nSPS) is 10.4. The zero-order chi connectivity index (χ0) is 10.5. The molecule has 84 valence electrons. The molecule has 0 amide bonds. The molecule has 0 radical (unpaired) electrons. The Hall–Kier alpha value is 0.01000. The second-order valence-electron chi connectivity index (χ2n) is 3.25. The minimum Gasteiger partial charge on any atom is -0.396 e. The van der Waals surface area contributed by atoms with Crippen molar-refractivity contribution >= 4 is 11.8 Å². The van der Waals surface area contributed by atoms with E-state index in [1.165, 1.54) is 18.6 Å². The van der Waals surface area contributed by atoms with Crippen LogP contribution in [0.3, 0.4) is 0 Å². The summed E-state index contributed by atoms with van der Waals surface area (Å²) >= 11 is 1.91. The lowest BCUT2D eigenvalue weighted by atomic mass is 10.2. The lowest BCUT2D eigenvalue weighted by Crippen LogP contribution is -2.18. The fourth-order valence-electron chi connectivity index (χ4n) is 1.15. The van der Waals surface area contributed by atoms with Crippen molar-refractivity contribution in [3.05, 3.63) is 12.7 Å². The Morgan fingerprint density at radius 1 is 1.14 bits per heavy atom. The van der Waals surface area contributed by atoms with Crippen LogP contribution in [0.1, 0.15) is 25.7 Å². The van der Waals surface area contributed by atoms with Gasteiger partial charge in [-0.15, -0.1) is 6.58 Å². The first-order valence-electron chi connectivity index (χ1n) is 5.42. The summed E-state index contributed by atoms with van der Waals surface area (Å²) in [5, 5.41) is 12.0. The summed E-state index contributed by atoms with van der Waals surface area (Å²) < 4.78 is 0. The molecule has 0 unspecified atom stereocenters. The van der Waals surface area contributed by atoms with E-state index in [2.05, 4.69) is 11.9 Å². The van der Waals surface area contributed by atoms with E-state index in [0.717, 1.165) is 31.7 Å². The maximum atomic E-state index is 8.56. The van der Waals surface area contributed by atoms with Gasteiger partial charge in [0, 0.05) is 24.7 Å². The number of thioether (sulfide) groups is 1. The predicted octanol–water partition coefficient (Wildman–Crippen LogP) is 2.05. The van der Waals surface area contributed by atoms with Crippen LogP contribution < -0.4 is 5.32 Å². The van der Waals surface area contributed by atoms with E-state index in [9.17, 15) is 0 Å². The van der Waals surface area contributed by atoms with Crippen molar-refractivity contribution in [3.8, 4) is 0 Å². The largest absolute Gasteiger partial charge is 0.396 e. The van der Waals surface area contributed by atoms with Gasteiger partial charge in [-0.2, -0.15) is 11.8 Å². The van der Waals surface area contributed by atoms with Crippen molar-refractivity contribution in [1.29, 1.82) is 0 Å². The third-order valence-electron chi connectivity index (χ3n) is 1.92. The highest BCUT2D eigenvalue weighted by atomic mass is 32.2. The van der Waals surface area contributed by atoms with Gasteiger partial charge in [-0.05, 0) is 19.4 Å². The van der Waals surface area contributed by atoms with Crippen molar-refractivity contribution < 1.29 is 5.11 Å². The molecule has 2 nitrogen and oxygen atoms in total. The van der Waals surface area contributed by atoms with Gasteiger partial charge in [0.2, 0.25) is 0 Å². The Morgan fingerprint density at radius 3 is 2.64 bits per heavy atom. The van der Waals surface area contributed by atoms with Crippen molar-refractivity contribution in [2.75, 3.05) is 31.2 Å². The monoisotopic (exact) mass is 217 g/mol. The molecule has 0 spiro atoms. The number of hydrogen-bond acceptors (Lipinski definition) is 3.